The second kappa shape index (κ2) is 8.69. The van der Waals surface area contributed by atoms with Crippen LogP contribution in [0, 0.1) is 13.8 Å². The van der Waals surface area contributed by atoms with Gasteiger partial charge in [0, 0.05) is 17.3 Å². The summed E-state index contributed by atoms with van der Waals surface area (Å²) < 4.78 is 11.0. The lowest BCUT2D eigenvalue weighted by atomic mass is 10.0. The molecule has 152 valence electrons. The highest BCUT2D eigenvalue weighted by Gasteiger charge is 2.19. The van der Waals surface area contributed by atoms with Gasteiger partial charge in [-0.3, -0.25) is 0 Å². The van der Waals surface area contributed by atoms with Crippen molar-refractivity contribution in [2.24, 2.45) is 0 Å². The summed E-state index contributed by atoms with van der Waals surface area (Å²) >= 11 is 0. The highest BCUT2D eigenvalue weighted by atomic mass is 16.5. The van der Waals surface area contributed by atoms with Gasteiger partial charge in [-0.05, 0) is 49.7 Å². The van der Waals surface area contributed by atoms with Gasteiger partial charge in [0.25, 0.3) is 0 Å². The molecule has 4 aromatic rings. The molecule has 0 unspecified atom stereocenters. The van der Waals surface area contributed by atoms with Gasteiger partial charge in [-0.1, -0.05) is 41.1 Å². The molecule has 0 saturated carbocycles. The molecule has 30 heavy (non-hydrogen) atoms. The zero-order chi connectivity index (χ0) is 20.9. The molecule has 4 rings (SSSR count). The number of nitrogens with zero attached hydrogens (tertiary/aromatic N) is 2. The van der Waals surface area contributed by atoms with E-state index in [4.69, 9.17) is 8.94 Å². The van der Waals surface area contributed by atoms with Crippen LogP contribution in [0.3, 0.4) is 0 Å². The normalized spacial score (nSPS) is 10.7. The number of carbonyl (C=O) groups is 1. The third-order valence-electron chi connectivity index (χ3n) is 4.81. The van der Waals surface area contributed by atoms with Gasteiger partial charge in [0.1, 0.15) is 11.5 Å². The first-order valence-corrected chi connectivity index (χ1v) is 9.75. The number of aromatic nitrogens is 1. The summed E-state index contributed by atoms with van der Waals surface area (Å²) in [6, 6.07) is 20.8. The topological polar surface area (TPSA) is 71.5 Å². The average molecular weight is 401 g/mol. The number of nitrogens with one attached hydrogen (secondary N) is 1. The number of hydrogen-bond acceptors (Lipinski definition) is 4. The van der Waals surface area contributed by atoms with Crippen LogP contribution in [0.2, 0.25) is 0 Å². The number of urea groups is 1. The van der Waals surface area contributed by atoms with Gasteiger partial charge in [-0.15, -0.1) is 0 Å². The summed E-state index contributed by atoms with van der Waals surface area (Å²) in [5, 5.41) is 7.11. The minimum Gasteiger partial charge on any atom is -0.467 e. The summed E-state index contributed by atoms with van der Waals surface area (Å²) in [7, 11) is 0. The van der Waals surface area contributed by atoms with Crippen LogP contribution in [0.5, 0.6) is 0 Å². The molecule has 2 amide bonds. The smallest absolute Gasteiger partial charge is 0.322 e. The van der Waals surface area contributed by atoms with Crippen LogP contribution in [0.25, 0.3) is 11.3 Å². The standard InChI is InChI=1S/C24H23N3O3/c1-17-10-11-18(2)22(13-17)23-14-20(26-30-23)15-27(16-21-9-6-12-29-21)24(28)25-19-7-4-3-5-8-19/h3-14H,15-16H2,1-2H3,(H,25,28). The van der Waals surface area contributed by atoms with Gasteiger partial charge in [-0.2, -0.15) is 0 Å². The van der Waals surface area contributed by atoms with Crippen LogP contribution in [-0.4, -0.2) is 16.1 Å². The second-order valence-corrected chi connectivity index (χ2v) is 7.23. The van der Waals surface area contributed by atoms with E-state index in [1.807, 2.05) is 56.3 Å². The average Bonchev–Trinajstić information content (AvgIpc) is 3.42. The van der Waals surface area contributed by atoms with Gasteiger partial charge >= 0.3 is 6.03 Å². The maximum absolute atomic E-state index is 12.9. The largest absolute Gasteiger partial charge is 0.467 e. The van der Waals surface area contributed by atoms with Crippen LogP contribution >= 0.6 is 0 Å². The van der Waals surface area contributed by atoms with E-state index in [-0.39, 0.29) is 12.6 Å². The zero-order valence-corrected chi connectivity index (χ0v) is 17.0. The molecule has 0 aliphatic heterocycles. The van der Waals surface area contributed by atoms with Gasteiger partial charge in [-0.25, -0.2) is 4.79 Å². The van der Waals surface area contributed by atoms with E-state index in [2.05, 4.69) is 28.7 Å². The summed E-state index contributed by atoms with van der Waals surface area (Å²) in [5.74, 6) is 1.38. The highest BCUT2D eigenvalue weighted by Crippen LogP contribution is 2.26. The number of anilines is 1. The molecule has 0 atom stereocenters. The Morgan fingerprint density at radius 3 is 2.60 bits per heavy atom. The number of furan rings is 1. The zero-order valence-electron chi connectivity index (χ0n) is 17.0. The number of benzene rings is 2. The molecule has 6 nitrogen and oxygen atoms in total. The van der Waals surface area contributed by atoms with Crippen molar-refractivity contribution in [1.82, 2.24) is 10.1 Å². The number of aryl methyl sites for hydroxylation is 2. The fraction of sp³-hybridized carbons (Fsp3) is 0.167. The van der Waals surface area contributed by atoms with Crippen molar-refractivity contribution in [2.75, 3.05) is 5.32 Å². The van der Waals surface area contributed by atoms with Gasteiger partial charge in [0.05, 0.1) is 19.4 Å². The van der Waals surface area contributed by atoms with E-state index in [0.717, 1.165) is 22.4 Å². The Bertz CT molecular complexity index is 1120. The van der Waals surface area contributed by atoms with E-state index in [9.17, 15) is 4.79 Å². The Kier molecular flexibility index (Phi) is 5.66. The Labute approximate surface area is 175 Å². The lowest BCUT2D eigenvalue weighted by Crippen LogP contribution is -2.34. The molecule has 0 aliphatic rings. The predicted octanol–water partition coefficient (Wildman–Crippen LogP) is 5.79. The summed E-state index contributed by atoms with van der Waals surface area (Å²) in [4.78, 5) is 14.6. The Hall–Kier alpha value is -3.80. The second-order valence-electron chi connectivity index (χ2n) is 7.23. The minimum absolute atomic E-state index is 0.242. The molecule has 0 spiro atoms. The van der Waals surface area contributed by atoms with E-state index >= 15 is 0 Å². The van der Waals surface area contributed by atoms with Gasteiger partial charge in [0.15, 0.2) is 5.76 Å². The predicted molar refractivity (Wildman–Crippen MR) is 115 cm³/mol. The first-order chi connectivity index (χ1) is 14.6. The molecule has 2 heterocycles. The lowest BCUT2D eigenvalue weighted by Gasteiger charge is -2.21. The van der Waals surface area contributed by atoms with E-state index < -0.39 is 0 Å². The van der Waals surface area contributed by atoms with Crippen molar-refractivity contribution in [1.29, 1.82) is 0 Å². The van der Waals surface area contributed by atoms with Crippen molar-refractivity contribution < 1.29 is 13.7 Å². The van der Waals surface area contributed by atoms with Crippen molar-refractivity contribution >= 4 is 11.7 Å². The third kappa shape index (κ3) is 4.60. The molecule has 0 bridgehead atoms. The van der Waals surface area contributed by atoms with Crippen LogP contribution in [-0.2, 0) is 13.1 Å². The number of carbonyl (C=O) groups excluding carboxylic acids is 1. The summed E-state index contributed by atoms with van der Waals surface area (Å²) in [6.45, 7) is 4.68. The van der Waals surface area contributed by atoms with Crippen molar-refractivity contribution in [3.05, 3.63) is 95.6 Å². The number of hydrogen-bond donors (Lipinski definition) is 1. The number of amides is 2. The molecule has 0 radical (unpaired) electrons. The third-order valence-corrected chi connectivity index (χ3v) is 4.81. The first kappa shape index (κ1) is 19.5. The maximum Gasteiger partial charge on any atom is 0.322 e. The quantitative estimate of drug-likeness (QED) is 0.444. The molecule has 0 saturated heterocycles. The maximum atomic E-state index is 12.9. The Morgan fingerprint density at radius 2 is 1.83 bits per heavy atom. The molecule has 1 N–H and O–H groups in total. The Balaban J connectivity index is 1.55. The molecular weight excluding hydrogens is 378 g/mol. The van der Waals surface area contributed by atoms with Crippen LogP contribution < -0.4 is 5.32 Å². The van der Waals surface area contributed by atoms with Crippen molar-refractivity contribution in [3.63, 3.8) is 0 Å². The number of para-hydroxylation sites is 1. The first-order valence-electron chi connectivity index (χ1n) is 9.75. The molecule has 0 aliphatic carbocycles. The minimum atomic E-state index is -0.242. The molecule has 2 aromatic heterocycles. The van der Waals surface area contributed by atoms with E-state index in [1.165, 1.54) is 0 Å². The monoisotopic (exact) mass is 401 g/mol. The fourth-order valence-electron chi connectivity index (χ4n) is 3.22. The van der Waals surface area contributed by atoms with E-state index in [1.54, 1.807) is 17.2 Å². The highest BCUT2D eigenvalue weighted by molar-refractivity contribution is 5.89. The molecule has 2 aromatic carbocycles. The Morgan fingerprint density at radius 1 is 1.00 bits per heavy atom. The van der Waals surface area contributed by atoms with Gasteiger partial charge < -0.3 is 19.2 Å². The van der Waals surface area contributed by atoms with Crippen LogP contribution in [0.1, 0.15) is 22.6 Å². The van der Waals surface area contributed by atoms with Crippen molar-refractivity contribution in [2.45, 2.75) is 26.9 Å². The lowest BCUT2D eigenvalue weighted by molar-refractivity contribution is 0.199. The van der Waals surface area contributed by atoms with Crippen LogP contribution in [0.15, 0.2) is 81.9 Å². The SMILES string of the molecule is Cc1ccc(C)c(-c2cc(CN(Cc3ccco3)C(=O)Nc3ccccc3)no2)c1. The fourth-order valence-corrected chi connectivity index (χ4v) is 3.22. The molecular formula is C24H23N3O3. The summed E-state index contributed by atoms with van der Waals surface area (Å²) in [6.07, 6.45) is 1.59. The van der Waals surface area contributed by atoms with Crippen molar-refractivity contribution in [3.8, 4) is 11.3 Å². The van der Waals surface area contributed by atoms with Gasteiger partial charge in [0.2, 0.25) is 0 Å². The summed E-state index contributed by atoms with van der Waals surface area (Å²) in [5.41, 5.74) is 4.65. The van der Waals surface area contributed by atoms with Crippen LogP contribution in [0.4, 0.5) is 10.5 Å². The number of rotatable bonds is 6. The molecule has 0 fully saturated rings. The van der Waals surface area contributed by atoms with E-state index in [0.29, 0.717) is 23.8 Å². The molecule has 6 heteroatoms.